The van der Waals surface area contributed by atoms with E-state index in [2.05, 4.69) is 60.5 Å². The fourth-order valence-corrected chi connectivity index (χ4v) is 3.09. The van der Waals surface area contributed by atoms with E-state index in [9.17, 15) is 0 Å². The summed E-state index contributed by atoms with van der Waals surface area (Å²) in [4.78, 5) is 0. The average molecular weight is 237 g/mol. The lowest BCUT2D eigenvalue weighted by atomic mass is 9.93. The Labute approximate surface area is 109 Å². The number of benzene rings is 1. The summed E-state index contributed by atoms with van der Waals surface area (Å²) < 4.78 is 0. The zero-order valence-electron chi connectivity index (χ0n) is 10.5. The largest absolute Gasteiger partial charge is 0.362 e. The van der Waals surface area contributed by atoms with Crippen molar-refractivity contribution in [2.24, 2.45) is 17.8 Å². The predicted molar refractivity (Wildman–Crippen MR) is 78.1 cm³/mol. The highest BCUT2D eigenvalue weighted by molar-refractivity contribution is 5.55. The van der Waals surface area contributed by atoms with Gasteiger partial charge < -0.3 is 5.32 Å². The van der Waals surface area contributed by atoms with E-state index in [1.807, 2.05) is 0 Å². The van der Waals surface area contributed by atoms with E-state index >= 15 is 0 Å². The molecular formula is C17H19N. The normalized spacial score (nSPS) is 29.0. The molecule has 0 aliphatic heterocycles. The predicted octanol–water partition coefficient (Wildman–Crippen LogP) is 4.47. The van der Waals surface area contributed by atoms with Crippen molar-refractivity contribution in [2.45, 2.75) is 12.8 Å². The van der Waals surface area contributed by atoms with Crippen molar-refractivity contribution in [3.05, 3.63) is 60.8 Å². The lowest BCUT2D eigenvalue weighted by molar-refractivity contribution is 0.552. The molecule has 1 heteroatoms. The lowest BCUT2D eigenvalue weighted by Crippen LogP contribution is -2.02. The molecule has 1 fully saturated rings. The Hall–Kier alpha value is -1.76. The van der Waals surface area contributed by atoms with Crippen molar-refractivity contribution in [1.29, 1.82) is 0 Å². The maximum Gasteiger partial charge on any atom is 0.0379 e. The molecule has 3 atom stereocenters. The summed E-state index contributed by atoms with van der Waals surface area (Å²) >= 11 is 0. The number of anilines is 1. The van der Waals surface area contributed by atoms with Crippen LogP contribution >= 0.6 is 0 Å². The SMILES string of the molecule is C=CNc1ccc(/C=C/C2CC3C=CC2C3)cc1. The fourth-order valence-electron chi connectivity index (χ4n) is 3.09. The van der Waals surface area contributed by atoms with E-state index in [0.29, 0.717) is 0 Å². The maximum absolute atomic E-state index is 3.66. The first-order valence-corrected chi connectivity index (χ1v) is 6.69. The smallest absolute Gasteiger partial charge is 0.0379 e. The quantitative estimate of drug-likeness (QED) is 0.762. The summed E-state index contributed by atoms with van der Waals surface area (Å²) in [6.07, 6.45) is 13.9. The Kier molecular flexibility index (Phi) is 3.06. The van der Waals surface area contributed by atoms with Crippen LogP contribution in [0.5, 0.6) is 0 Å². The van der Waals surface area contributed by atoms with Crippen molar-refractivity contribution in [2.75, 3.05) is 5.32 Å². The summed E-state index contributed by atoms with van der Waals surface area (Å²) in [6, 6.07) is 8.46. The third kappa shape index (κ3) is 2.26. The van der Waals surface area contributed by atoms with Gasteiger partial charge in [0.15, 0.2) is 0 Å². The van der Waals surface area contributed by atoms with Gasteiger partial charge in [-0.25, -0.2) is 0 Å². The van der Waals surface area contributed by atoms with Gasteiger partial charge in [-0.3, -0.25) is 0 Å². The Bertz CT molecular complexity index is 481. The molecule has 1 aromatic carbocycles. The van der Waals surface area contributed by atoms with Gasteiger partial charge in [0, 0.05) is 5.69 Å². The van der Waals surface area contributed by atoms with Crippen LogP contribution in [0.2, 0.25) is 0 Å². The second kappa shape index (κ2) is 4.85. The Morgan fingerprint density at radius 3 is 2.56 bits per heavy atom. The maximum atomic E-state index is 3.66. The number of hydrogen-bond donors (Lipinski definition) is 1. The number of nitrogens with one attached hydrogen (secondary N) is 1. The second-order valence-electron chi connectivity index (χ2n) is 5.27. The summed E-state index contributed by atoms with van der Waals surface area (Å²) in [5.74, 6) is 2.41. The first-order valence-electron chi connectivity index (χ1n) is 6.69. The Morgan fingerprint density at radius 1 is 1.11 bits per heavy atom. The Morgan fingerprint density at radius 2 is 1.94 bits per heavy atom. The van der Waals surface area contributed by atoms with Crippen LogP contribution in [0.25, 0.3) is 6.08 Å². The number of allylic oxidation sites excluding steroid dienone is 3. The highest BCUT2D eigenvalue weighted by Gasteiger charge is 2.33. The van der Waals surface area contributed by atoms with Crippen LogP contribution in [0.1, 0.15) is 18.4 Å². The zero-order chi connectivity index (χ0) is 12.4. The third-order valence-corrected chi connectivity index (χ3v) is 4.05. The summed E-state index contributed by atoms with van der Waals surface area (Å²) in [5, 5.41) is 3.08. The molecule has 2 aliphatic rings. The van der Waals surface area contributed by atoms with Gasteiger partial charge in [0.25, 0.3) is 0 Å². The topological polar surface area (TPSA) is 12.0 Å². The van der Waals surface area contributed by atoms with Crippen molar-refractivity contribution >= 4 is 11.8 Å². The van der Waals surface area contributed by atoms with Crippen molar-refractivity contribution in [3.8, 4) is 0 Å². The second-order valence-corrected chi connectivity index (χ2v) is 5.27. The van der Waals surface area contributed by atoms with Crippen LogP contribution in [-0.2, 0) is 0 Å². The molecule has 3 rings (SSSR count). The third-order valence-electron chi connectivity index (χ3n) is 4.05. The number of fused-ring (bicyclic) bond motifs is 2. The summed E-state index contributed by atoms with van der Waals surface area (Å²) in [7, 11) is 0. The van der Waals surface area contributed by atoms with E-state index in [4.69, 9.17) is 0 Å². The van der Waals surface area contributed by atoms with Crippen LogP contribution in [0, 0.1) is 17.8 Å². The molecule has 1 nitrogen and oxygen atoms in total. The minimum Gasteiger partial charge on any atom is -0.362 e. The van der Waals surface area contributed by atoms with Crippen molar-refractivity contribution < 1.29 is 0 Å². The molecule has 1 N–H and O–H groups in total. The van der Waals surface area contributed by atoms with E-state index in [0.717, 1.165) is 23.4 Å². The van der Waals surface area contributed by atoms with E-state index in [-0.39, 0.29) is 0 Å². The van der Waals surface area contributed by atoms with Crippen molar-refractivity contribution in [1.82, 2.24) is 0 Å². The van der Waals surface area contributed by atoms with Gasteiger partial charge >= 0.3 is 0 Å². The number of hydrogen-bond acceptors (Lipinski definition) is 1. The van der Waals surface area contributed by atoms with Gasteiger partial charge in [0.05, 0.1) is 0 Å². The van der Waals surface area contributed by atoms with Crippen LogP contribution in [0.4, 0.5) is 5.69 Å². The molecule has 0 saturated heterocycles. The first kappa shape index (κ1) is 11.3. The van der Waals surface area contributed by atoms with Crippen molar-refractivity contribution in [3.63, 3.8) is 0 Å². The fraction of sp³-hybridized carbons (Fsp3) is 0.294. The minimum atomic E-state index is 0.756. The molecule has 3 unspecified atom stereocenters. The highest BCUT2D eigenvalue weighted by Crippen LogP contribution is 2.44. The summed E-state index contributed by atoms with van der Waals surface area (Å²) in [5.41, 5.74) is 2.36. The van der Waals surface area contributed by atoms with Gasteiger partial charge in [-0.05, 0) is 54.5 Å². The Balaban J connectivity index is 1.65. The van der Waals surface area contributed by atoms with E-state index in [1.54, 1.807) is 6.20 Å². The molecule has 2 bridgehead atoms. The zero-order valence-corrected chi connectivity index (χ0v) is 10.5. The summed E-state index contributed by atoms with van der Waals surface area (Å²) in [6.45, 7) is 3.66. The molecule has 18 heavy (non-hydrogen) atoms. The standard InChI is InChI=1S/C17H19N/c1-2-18-17-9-5-13(6-10-17)3-7-15-11-14-4-8-16(15)12-14/h2-10,14-16,18H,1,11-12H2/b7-3+. The van der Waals surface area contributed by atoms with Crippen LogP contribution in [0.15, 0.2) is 55.3 Å². The van der Waals surface area contributed by atoms with Gasteiger partial charge in [0.2, 0.25) is 0 Å². The highest BCUT2D eigenvalue weighted by atomic mass is 14.8. The number of rotatable bonds is 4. The van der Waals surface area contributed by atoms with E-state index < -0.39 is 0 Å². The monoisotopic (exact) mass is 237 g/mol. The minimum absolute atomic E-state index is 0.756. The van der Waals surface area contributed by atoms with Gasteiger partial charge in [-0.1, -0.05) is 43.0 Å². The molecular weight excluding hydrogens is 218 g/mol. The molecule has 0 aromatic heterocycles. The molecule has 1 saturated carbocycles. The van der Waals surface area contributed by atoms with Crippen LogP contribution in [-0.4, -0.2) is 0 Å². The molecule has 2 aliphatic carbocycles. The molecule has 0 heterocycles. The molecule has 0 amide bonds. The van der Waals surface area contributed by atoms with Gasteiger partial charge in [0.1, 0.15) is 0 Å². The van der Waals surface area contributed by atoms with Gasteiger partial charge in [-0.15, -0.1) is 0 Å². The molecule has 1 aromatic rings. The molecule has 92 valence electrons. The van der Waals surface area contributed by atoms with Gasteiger partial charge in [-0.2, -0.15) is 0 Å². The first-order chi connectivity index (χ1) is 8.85. The van der Waals surface area contributed by atoms with Crippen LogP contribution in [0.3, 0.4) is 0 Å². The van der Waals surface area contributed by atoms with Crippen LogP contribution < -0.4 is 5.32 Å². The van der Waals surface area contributed by atoms with E-state index in [1.165, 1.54) is 18.4 Å². The molecule has 0 radical (unpaired) electrons. The average Bonchev–Trinajstić information content (AvgIpc) is 3.00. The lowest BCUT2D eigenvalue weighted by Gasteiger charge is -2.12. The molecule has 0 spiro atoms.